The van der Waals surface area contributed by atoms with E-state index in [1.165, 1.54) is 0 Å². The Kier molecular flexibility index (Phi) is 4.09. The fourth-order valence-electron chi connectivity index (χ4n) is 1.81. The molecule has 3 nitrogen and oxygen atoms in total. The fourth-order valence-corrected chi connectivity index (χ4v) is 1.94. The minimum Gasteiger partial charge on any atom is -0.310 e. The lowest BCUT2D eigenvalue weighted by molar-refractivity contribution is -0.120. The number of aromatic nitrogens is 1. The van der Waals surface area contributed by atoms with Crippen molar-refractivity contribution < 1.29 is 4.79 Å². The number of carbonyl (C=O) groups excluding carboxylic acids is 1. The number of hydrogen-bond donors (Lipinski definition) is 1. The van der Waals surface area contributed by atoms with Crippen LogP contribution < -0.4 is 5.32 Å². The molecule has 1 N–H and O–H groups in total. The van der Waals surface area contributed by atoms with E-state index in [1.54, 1.807) is 24.4 Å². The summed E-state index contributed by atoms with van der Waals surface area (Å²) < 4.78 is 0. The highest BCUT2D eigenvalue weighted by atomic mass is 35.5. The van der Waals surface area contributed by atoms with E-state index in [0.717, 1.165) is 11.1 Å². The highest BCUT2D eigenvalue weighted by molar-refractivity contribution is 6.30. The van der Waals surface area contributed by atoms with Crippen molar-refractivity contribution in [2.24, 2.45) is 0 Å². The van der Waals surface area contributed by atoms with Crippen LogP contribution in [0.2, 0.25) is 5.02 Å². The lowest BCUT2D eigenvalue weighted by atomic mass is 9.84. The summed E-state index contributed by atoms with van der Waals surface area (Å²) in [5.74, 6) is 0.457. The lowest BCUT2D eigenvalue weighted by Gasteiger charge is -2.24. The van der Waals surface area contributed by atoms with Gasteiger partial charge in [0.2, 0.25) is 5.91 Å². The Bertz CT molecular complexity index is 603. The maximum absolute atomic E-state index is 12.4. The van der Waals surface area contributed by atoms with E-state index < -0.39 is 5.41 Å². The number of anilines is 1. The Morgan fingerprint density at radius 2 is 1.80 bits per heavy atom. The highest BCUT2D eigenvalue weighted by Gasteiger charge is 2.29. The van der Waals surface area contributed by atoms with Crippen molar-refractivity contribution in [3.8, 4) is 0 Å². The number of carbonyl (C=O) groups is 1. The SMILES string of the molecule is Cc1ccc(NC(=O)C(C)(C)c2ccc(Cl)cc2)nc1. The molecule has 0 aliphatic carbocycles. The van der Waals surface area contributed by atoms with Crippen LogP contribution in [0.1, 0.15) is 25.0 Å². The topological polar surface area (TPSA) is 42.0 Å². The molecular formula is C16H17ClN2O. The summed E-state index contributed by atoms with van der Waals surface area (Å²) >= 11 is 5.88. The second-order valence-corrected chi connectivity index (χ2v) is 5.74. The number of halogens is 1. The molecule has 2 aromatic rings. The molecule has 0 atom stereocenters. The number of nitrogens with zero attached hydrogens (tertiary/aromatic N) is 1. The number of pyridine rings is 1. The number of hydrogen-bond acceptors (Lipinski definition) is 2. The van der Waals surface area contributed by atoms with Gasteiger partial charge < -0.3 is 5.32 Å². The molecule has 0 bridgehead atoms. The Balaban J connectivity index is 2.18. The molecule has 0 aliphatic rings. The second-order valence-electron chi connectivity index (χ2n) is 5.31. The van der Waals surface area contributed by atoms with Crippen molar-refractivity contribution >= 4 is 23.3 Å². The predicted octanol–water partition coefficient (Wildman–Crippen LogP) is 3.96. The van der Waals surface area contributed by atoms with Gasteiger partial charge in [-0.05, 0) is 50.1 Å². The van der Waals surface area contributed by atoms with E-state index in [2.05, 4.69) is 10.3 Å². The molecule has 1 aromatic heterocycles. The summed E-state index contributed by atoms with van der Waals surface area (Å²) in [6.45, 7) is 5.70. The van der Waals surface area contributed by atoms with Gasteiger partial charge in [0.1, 0.15) is 5.82 Å². The molecule has 104 valence electrons. The van der Waals surface area contributed by atoms with E-state index in [9.17, 15) is 4.79 Å². The monoisotopic (exact) mass is 288 g/mol. The summed E-state index contributed by atoms with van der Waals surface area (Å²) in [5, 5.41) is 3.50. The standard InChI is InChI=1S/C16H17ClN2O/c1-11-4-9-14(18-10-11)19-15(20)16(2,3)12-5-7-13(17)8-6-12/h4-10H,1-3H3,(H,18,19,20). The van der Waals surface area contributed by atoms with Gasteiger partial charge >= 0.3 is 0 Å². The Morgan fingerprint density at radius 3 is 2.35 bits per heavy atom. The third kappa shape index (κ3) is 3.17. The highest BCUT2D eigenvalue weighted by Crippen LogP contribution is 2.26. The molecule has 0 spiro atoms. The largest absolute Gasteiger partial charge is 0.310 e. The molecule has 20 heavy (non-hydrogen) atoms. The van der Waals surface area contributed by atoms with Gasteiger partial charge in [0, 0.05) is 11.2 Å². The molecule has 0 aliphatic heterocycles. The first kappa shape index (κ1) is 14.5. The van der Waals surface area contributed by atoms with Crippen molar-refractivity contribution in [1.29, 1.82) is 0 Å². The first-order chi connectivity index (χ1) is 9.39. The van der Waals surface area contributed by atoms with Crippen LogP contribution in [0, 0.1) is 6.92 Å². The van der Waals surface area contributed by atoms with Gasteiger partial charge in [-0.1, -0.05) is 29.8 Å². The number of rotatable bonds is 3. The average Bonchev–Trinajstić information content (AvgIpc) is 2.42. The zero-order valence-electron chi connectivity index (χ0n) is 11.8. The third-order valence-corrected chi connectivity index (χ3v) is 3.54. The van der Waals surface area contributed by atoms with Crippen LogP contribution in [0.4, 0.5) is 5.82 Å². The smallest absolute Gasteiger partial charge is 0.235 e. The predicted molar refractivity (Wildman–Crippen MR) is 82.1 cm³/mol. The van der Waals surface area contributed by atoms with E-state index in [-0.39, 0.29) is 5.91 Å². The van der Waals surface area contributed by atoms with E-state index in [1.807, 2.05) is 39.0 Å². The number of aryl methyl sites for hydroxylation is 1. The fraction of sp³-hybridized carbons (Fsp3) is 0.250. The summed E-state index contributed by atoms with van der Waals surface area (Å²) in [7, 11) is 0. The summed E-state index contributed by atoms with van der Waals surface area (Å²) in [6.07, 6.45) is 1.73. The van der Waals surface area contributed by atoms with Gasteiger partial charge in [-0.2, -0.15) is 0 Å². The second kappa shape index (κ2) is 5.63. The molecule has 0 unspecified atom stereocenters. The van der Waals surface area contributed by atoms with Crippen molar-refractivity contribution in [3.63, 3.8) is 0 Å². The average molecular weight is 289 g/mol. The van der Waals surface area contributed by atoms with Gasteiger partial charge in [-0.15, -0.1) is 0 Å². The first-order valence-electron chi connectivity index (χ1n) is 6.40. The molecule has 4 heteroatoms. The van der Waals surface area contributed by atoms with Crippen molar-refractivity contribution in [1.82, 2.24) is 4.98 Å². The van der Waals surface area contributed by atoms with Gasteiger partial charge in [-0.3, -0.25) is 4.79 Å². The minimum atomic E-state index is -0.656. The van der Waals surface area contributed by atoms with Crippen LogP contribution in [-0.4, -0.2) is 10.9 Å². The van der Waals surface area contributed by atoms with E-state index in [4.69, 9.17) is 11.6 Å². The van der Waals surface area contributed by atoms with Crippen LogP contribution in [0.3, 0.4) is 0 Å². The van der Waals surface area contributed by atoms with Crippen LogP contribution >= 0.6 is 11.6 Å². The van der Waals surface area contributed by atoms with Gasteiger partial charge in [0.15, 0.2) is 0 Å². The maximum Gasteiger partial charge on any atom is 0.235 e. The van der Waals surface area contributed by atoms with Crippen LogP contribution in [0.15, 0.2) is 42.6 Å². The Hall–Kier alpha value is -1.87. The van der Waals surface area contributed by atoms with Crippen molar-refractivity contribution in [2.75, 3.05) is 5.32 Å². The number of amides is 1. The van der Waals surface area contributed by atoms with E-state index >= 15 is 0 Å². The zero-order chi connectivity index (χ0) is 14.8. The van der Waals surface area contributed by atoms with Gasteiger partial charge in [0.05, 0.1) is 5.41 Å². The molecule has 0 fully saturated rings. The van der Waals surface area contributed by atoms with Crippen molar-refractivity contribution in [2.45, 2.75) is 26.2 Å². The molecule has 1 heterocycles. The summed E-state index contributed by atoms with van der Waals surface area (Å²) in [4.78, 5) is 16.6. The lowest BCUT2D eigenvalue weighted by Crippen LogP contribution is -2.34. The van der Waals surface area contributed by atoms with Crippen molar-refractivity contribution in [3.05, 3.63) is 58.7 Å². The van der Waals surface area contributed by atoms with E-state index in [0.29, 0.717) is 10.8 Å². The first-order valence-corrected chi connectivity index (χ1v) is 6.77. The molecule has 1 aromatic carbocycles. The summed E-state index contributed by atoms with van der Waals surface area (Å²) in [5.41, 5.74) is 1.31. The number of benzene rings is 1. The number of nitrogens with one attached hydrogen (secondary N) is 1. The van der Waals surface area contributed by atoms with Crippen LogP contribution in [-0.2, 0) is 10.2 Å². The van der Waals surface area contributed by atoms with Gasteiger partial charge in [0.25, 0.3) is 0 Å². The molecule has 2 rings (SSSR count). The van der Waals surface area contributed by atoms with Crippen LogP contribution in [0.5, 0.6) is 0 Å². The molecule has 0 saturated heterocycles. The quantitative estimate of drug-likeness (QED) is 0.929. The normalized spacial score (nSPS) is 11.2. The zero-order valence-corrected chi connectivity index (χ0v) is 12.5. The minimum absolute atomic E-state index is 0.101. The Morgan fingerprint density at radius 1 is 1.15 bits per heavy atom. The Labute approximate surface area is 124 Å². The maximum atomic E-state index is 12.4. The molecule has 0 radical (unpaired) electrons. The summed E-state index contributed by atoms with van der Waals surface area (Å²) in [6, 6.07) is 11.0. The molecular weight excluding hydrogens is 272 g/mol. The third-order valence-electron chi connectivity index (χ3n) is 3.29. The van der Waals surface area contributed by atoms with Crippen LogP contribution in [0.25, 0.3) is 0 Å². The molecule has 1 amide bonds. The van der Waals surface area contributed by atoms with Gasteiger partial charge in [-0.25, -0.2) is 4.98 Å². The molecule has 0 saturated carbocycles.